The van der Waals surface area contributed by atoms with Crippen molar-refractivity contribution in [3.05, 3.63) is 125 Å². The zero-order valence-corrected chi connectivity index (χ0v) is 21.8. The first-order valence-electron chi connectivity index (χ1n) is 12.3. The van der Waals surface area contributed by atoms with Gasteiger partial charge in [-0.25, -0.2) is 4.98 Å². The molecule has 1 atom stereocenters. The predicted octanol–water partition coefficient (Wildman–Crippen LogP) is 7.28. The van der Waals surface area contributed by atoms with Crippen molar-refractivity contribution in [1.82, 2.24) is 19.9 Å². The maximum atomic E-state index is 13.1. The molecule has 0 unspecified atom stereocenters. The Morgan fingerprint density at radius 3 is 2.49 bits per heavy atom. The third-order valence-electron chi connectivity index (χ3n) is 6.34. The van der Waals surface area contributed by atoms with Gasteiger partial charge in [0.2, 0.25) is 0 Å². The van der Waals surface area contributed by atoms with Crippen molar-refractivity contribution in [2.45, 2.75) is 36.6 Å². The van der Waals surface area contributed by atoms with Gasteiger partial charge >= 0.3 is 6.18 Å². The van der Waals surface area contributed by atoms with E-state index in [1.54, 1.807) is 30.6 Å². The quantitative estimate of drug-likeness (QED) is 0.208. The molecule has 0 saturated carbocycles. The second kappa shape index (κ2) is 11.3. The number of nitrogens with one attached hydrogen (secondary N) is 1. The van der Waals surface area contributed by atoms with Gasteiger partial charge < -0.3 is 9.88 Å². The van der Waals surface area contributed by atoms with Crippen molar-refractivity contribution < 1.29 is 18.0 Å². The molecule has 0 spiro atoms. The average molecular weight is 547 g/mol. The number of aromatic nitrogens is 3. The molecule has 5 nitrogen and oxygen atoms in total. The van der Waals surface area contributed by atoms with E-state index in [4.69, 9.17) is 4.98 Å². The van der Waals surface area contributed by atoms with E-state index in [0.29, 0.717) is 28.6 Å². The Bertz CT molecular complexity index is 1580. The van der Waals surface area contributed by atoms with Crippen LogP contribution in [0.15, 0.2) is 102 Å². The van der Waals surface area contributed by atoms with Crippen molar-refractivity contribution in [3.8, 4) is 0 Å². The van der Waals surface area contributed by atoms with Crippen molar-refractivity contribution in [1.29, 1.82) is 0 Å². The standard InChI is InChI=1S/C30H25F3N4OS/c1-20(23-7-3-2-4-8-23)35-28(38)24-12-10-21(11-13-24)18-37-27-17-34-15-14-26(27)36-29(37)39-19-22-6-5-9-25(16-22)30(31,32)33/h2-17,20H,18-19H2,1H3,(H,35,38)/t20-/m0/s1. The number of alkyl halides is 3. The Kier molecular flexibility index (Phi) is 7.70. The van der Waals surface area contributed by atoms with E-state index in [0.717, 1.165) is 28.2 Å². The van der Waals surface area contributed by atoms with Crippen LogP contribution in [0.25, 0.3) is 11.0 Å². The largest absolute Gasteiger partial charge is 0.416 e. The number of benzene rings is 3. The van der Waals surface area contributed by atoms with Crippen LogP contribution >= 0.6 is 11.8 Å². The van der Waals surface area contributed by atoms with Gasteiger partial charge in [0.05, 0.1) is 35.4 Å². The SMILES string of the molecule is C[C@H](NC(=O)c1ccc(Cn2c(SCc3cccc(C(F)(F)F)c3)nc3ccncc32)cc1)c1ccccc1. The molecule has 0 aliphatic rings. The van der Waals surface area contributed by atoms with Gasteiger partial charge in [-0.15, -0.1) is 0 Å². The van der Waals surface area contributed by atoms with Crippen LogP contribution < -0.4 is 5.32 Å². The molecule has 2 aromatic heterocycles. The number of imidazole rings is 1. The minimum atomic E-state index is -4.39. The molecule has 0 radical (unpaired) electrons. The van der Waals surface area contributed by atoms with E-state index in [9.17, 15) is 18.0 Å². The van der Waals surface area contributed by atoms with E-state index >= 15 is 0 Å². The zero-order chi connectivity index (χ0) is 27.4. The lowest BCUT2D eigenvalue weighted by atomic mass is 10.1. The summed E-state index contributed by atoms with van der Waals surface area (Å²) in [6.45, 7) is 2.41. The molecule has 5 rings (SSSR count). The highest BCUT2D eigenvalue weighted by Gasteiger charge is 2.30. The van der Waals surface area contributed by atoms with E-state index in [2.05, 4.69) is 10.3 Å². The van der Waals surface area contributed by atoms with Crippen molar-refractivity contribution >= 4 is 28.7 Å². The number of nitrogens with zero attached hydrogens (tertiary/aromatic N) is 3. The van der Waals surface area contributed by atoms with Gasteiger partial charge in [-0.3, -0.25) is 9.78 Å². The van der Waals surface area contributed by atoms with Gasteiger partial charge in [-0.2, -0.15) is 13.2 Å². The molecule has 198 valence electrons. The average Bonchev–Trinajstić information content (AvgIpc) is 3.29. The van der Waals surface area contributed by atoms with Crippen LogP contribution in [0, 0.1) is 0 Å². The van der Waals surface area contributed by atoms with Crippen molar-refractivity contribution in [3.63, 3.8) is 0 Å². The topological polar surface area (TPSA) is 59.8 Å². The van der Waals surface area contributed by atoms with Crippen LogP contribution in [-0.2, 0) is 18.5 Å². The summed E-state index contributed by atoms with van der Waals surface area (Å²) < 4.78 is 41.4. The number of rotatable bonds is 8. The molecule has 1 N–H and O–H groups in total. The molecule has 5 aromatic rings. The molecule has 9 heteroatoms. The summed E-state index contributed by atoms with van der Waals surface area (Å²) >= 11 is 1.37. The molecule has 0 aliphatic heterocycles. The fraction of sp³-hybridized carbons (Fsp3) is 0.167. The number of fused-ring (bicyclic) bond motifs is 1. The van der Waals surface area contributed by atoms with E-state index in [-0.39, 0.29) is 11.9 Å². The molecule has 0 bridgehead atoms. The van der Waals surface area contributed by atoms with Crippen LogP contribution in [0.3, 0.4) is 0 Å². The number of hydrogen-bond donors (Lipinski definition) is 1. The Morgan fingerprint density at radius 2 is 1.74 bits per heavy atom. The lowest BCUT2D eigenvalue weighted by Crippen LogP contribution is -2.26. The highest BCUT2D eigenvalue weighted by Crippen LogP contribution is 2.32. The maximum absolute atomic E-state index is 13.1. The second-order valence-corrected chi connectivity index (χ2v) is 10.1. The normalized spacial score (nSPS) is 12.4. The fourth-order valence-corrected chi connectivity index (χ4v) is 5.20. The first kappa shape index (κ1) is 26.5. The number of thioether (sulfide) groups is 1. The van der Waals surface area contributed by atoms with Crippen LogP contribution in [0.2, 0.25) is 0 Å². The van der Waals surface area contributed by atoms with Crippen LogP contribution in [0.1, 0.15) is 45.6 Å². The van der Waals surface area contributed by atoms with Gasteiger partial charge in [0.1, 0.15) is 0 Å². The van der Waals surface area contributed by atoms with E-state index in [1.807, 2.05) is 60.0 Å². The third-order valence-corrected chi connectivity index (χ3v) is 7.39. The number of carbonyl (C=O) groups is 1. The molecule has 0 aliphatic carbocycles. The summed E-state index contributed by atoms with van der Waals surface area (Å²) in [6.07, 6.45) is -1.00. The molecule has 0 fully saturated rings. The van der Waals surface area contributed by atoms with Gasteiger partial charge in [0.25, 0.3) is 5.91 Å². The van der Waals surface area contributed by atoms with E-state index in [1.165, 1.54) is 23.9 Å². The Hall–Kier alpha value is -4.11. The summed E-state index contributed by atoms with van der Waals surface area (Å²) in [7, 11) is 0. The van der Waals surface area contributed by atoms with Crippen molar-refractivity contribution in [2.75, 3.05) is 0 Å². The van der Waals surface area contributed by atoms with Gasteiger partial charge in [0.15, 0.2) is 5.16 Å². The van der Waals surface area contributed by atoms with Crippen LogP contribution in [-0.4, -0.2) is 20.4 Å². The van der Waals surface area contributed by atoms with Gasteiger partial charge in [-0.1, -0.05) is 72.4 Å². The Morgan fingerprint density at radius 1 is 0.974 bits per heavy atom. The molecular weight excluding hydrogens is 521 g/mol. The number of hydrogen-bond acceptors (Lipinski definition) is 4. The lowest BCUT2D eigenvalue weighted by molar-refractivity contribution is -0.137. The molecule has 2 heterocycles. The number of carbonyl (C=O) groups excluding carboxylic acids is 1. The molecule has 0 saturated heterocycles. The maximum Gasteiger partial charge on any atom is 0.416 e. The zero-order valence-electron chi connectivity index (χ0n) is 21.0. The molecule has 1 amide bonds. The highest BCUT2D eigenvalue weighted by molar-refractivity contribution is 7.98. The number of amides is 1. The summed E-state index contributed by atoms with van der Waals surface area (Å²) in [5.74, 6) is 0.173. The minimum Gasteiger partial charge on any atom is -0.346 e. The minimum absolute atomic E-state index is 0.125. The van der Waals surface area contributed by atoms with Crippen LogP contribution in [0.5, 0.6) is 0 Å². The second-order valence-electron chi connectivity index (χ2n) is 9.13. The first-order valence-corrected chi connectivity index (χ1v) is 13.3. The van der Waals surface area contributed by atoms with Crippen molar-refractivity contribution in [2.24, 2.45) is 0 Å². The monoisotopic (exact) mass is 546 g/mol. The summed E-state index contributed by atoms with van der Waals surface area (Å²) in [4.78, 5) is 21.7. The molecule has 39 heavy (non-hydrogen) atoms. The summed E-state index contributed by atoms with van der Waals surface area (Å²) in [5, 5.41) is 3.70. The van der Waals surface area contributed by atoms with E-state index < -0.39 is 11.7 Å². The lowest BCUT2D eigenvalue weighted by Gasteiger charge is -2.15. The molecular formula is C30H25F3N4OS. The summed E-state index contributed by atoms with van der Waals surface area (Å²) in [5.41, 5.74) is 4.00. The molecule has 3 aromatic carbocycles. The Labute approximate surface area is 228 Å². The number of halogens is 3. The number of pyridine rings is 1. The van der Waals surface area contributed by atoms with Gasteiger partial charge in [-0.05, 0) is 47.9 Å². The third kappa shape index (κ3) is 6.31. The highest BCUT2D eigenvalue weighted by atomic mass is 32.2. The first-order chi connectivity index (χ1) is 18.8. The smallest absolute Gasteiger partial charge is 0.346 e. The fourth-order valence-electron chi connectivity index (χ4n) is 4.25. The summed E-state index contributed by atoms with van der Waals surface area (Å²) in [6, 6.07) is 24.1. The predicted molar refractivity (Wildman–Crippen MR) is 146 cm³/mol. The van der Waals surface area contributed by atoms with Crippen LogP contribution in [0.4, 0.5) is 13.2 Å². The Balaban J connectivity index is 1.32. The van der Waals surface area contributed by atoms with Gasteiger partial charge in [0, 0.05) is 17.5 Å².